The first-order chi connectivity index (χ1) is 12.1. The molecule has 0 fully saturated rings. The molecule has 0 unspecified atom stereocenters. The molecule has 0 saturated heterocycles. The number of anilines is 3. The number of nitriles is 1. The number of rotatable bonds is 8. The van der Waals surface area contributed by atoms with E-state index in [1.165, 1.54) is 31.4 Å². The van der Waals surface area contributed by atoms with Crippen LogP contribution in [-0.2, 0) is 0 Å². The third-order valence-corrected chi connectivity index (χ3v) is 4.14. The fourth-order valence-electron chi connectivity index (χ4n) is 2.71. The number of aromatic nitrogens is 2. The van der Waals surface area contributed by atoms with Gasteiger partial charge in [0.1, 0.15) is 17.5 Å². The molecule has 0 aliphatic rings. The lowest BCUT2D eigenvalue weighted by atomic mass is 10.1. The number of hydrogen-bond donors (Lipinski definition) is 2. The number of nitrogens with two attached hydrogens (primary N) is 2. The lowest BCUT2D eigenvalue weighted by molar-refractivity contribution is 0.678. The van der Waals surface area contributed by atoms with E-state index in [9.17, 15) is 5.26 Å². The van der Waals surface area contributed by atoms with Crippen LogP contribution in [0.3, 0.4) is 0 Å². The van der Waals surface area contributed by atoms with Crippen molar-refractivity contribution < 1.29 is 0 Å². The second kappa shape index (κ2) is 8.88. The number of nitrogen functional groups attached to an aromatic ring is 2. The van der Waals surface area contributed by atoms with Gasteiger partial charge in [-0.3, -0.25) is 0 Å². The Labute approximate surface area is 149 Å². The van der Waals surface area contributed by atoms with E-state index in [1.54, 1.807) is 0 Å². The summed E-state index contributed by atoms with van der Waals surface area (Å²) in [6, 6.07) is 10.1. The van der Waals surface area contributed by atoms with E-state index in [2.05, 4.69) is 46.9 Å². The van der Waals surface area contributed by atoms with Crippen molar-refractivity contribution in [2.75, 3.05) is 29.5 Å². The minimum Gasteiger partial charge on any atom is -0.382 e. The van der Waals surface area contributed by atoms with Gasteiger partial charge in [0.05, 0.1) is 5.69 Å². The summed E-state index contributed by atoms with van der Waals surface area (Å²) >= 11 is 0. The molecule has 0 aliphatic heterocycles. The quantitative estimate of drug-likeness (QED) is 0.762. The molecule has 2 rings (SSSR count). The van der Waals surface area contributed by atoms with Crippen LogP contribution in [0.4, 0.5) is 17.5 Å². The normalized spacial score (nSPS) is 10.4. The Kier molecular flexibility index (Phi) is 6.58. The molecule has 6 heteroatoms. The average molecular weight is 338 g/mol. The zero-order valence-electron chi connectivity index (χ0n) is 15.0. The van der Waals surface area contributed by atoms with Crippen molar-refractivity contribution in [2.24, 2.45) is 0 Å². The first-order valence-electron chi connectivity index (χ1n) is 8.79. The molecule has 4 N–H and O–H groups in total. The summed E-state index contributed by atoms with van der Waals surface area (Å²) in [6.45, 7) is 6.50. The van der Waals surface area contributed by atoms with E-state index in [4.69, 9.17) is 11.5 Å². The zero-order valence-corrected chi connectivity index (χ0v) is 15.0. The van der Waals surface area contributed by atoms with Crippen LogP contribution in [0.5, 0.6) is 0 Å². The van der Waals surface area contributed by atoms with Crippen molar-refractivity contribution in [3.63, 3.8) is 0 Å². The van der Waals surface area contributed by atoms with Gasteiger partial charge in [0.2, 0.25) is 5.95 Å². The third-order valence-electron chi connectivity index (χ3n) is 4.14. The van der Waals surface area contributed by atoms with Gasteiger partial charge in [0.15, 0.2) is 0 Å². The Morgan fingerprint density at radius 2 is 1.60 bits per heavy atom. The van der Waals surface area contributed by atoms with Crippen LogP contribution in [0.15, 0.2) is 24.3 Å². The highest BCUT2D eigenvalue weighted by Crippen LogP contribution is 2.27. The van der Waals surface area contributed by atoms with Crippen LogP contribution >= 0.6 is 0 Å². The lowest BCUT2D eigenvalue weighted by Crippen LogP contribution is -2.25. The van der Waals surface area contributed by atoms with Gasteiger partial charge in [0, 0.05) is 24.3 Å². The predicted octanol–water partition coefficient (Wildman–Crippen LogP) is 3.59. The first-order valence-corrected chi connectivity index (χ1v) is 8.79. The molecule has 1 aromatic heterocycles. The SMILES string of the molecule is CCCCN(CCCC)c1ccc(-c2nc(N)nc(N)c2C#N)cc1. The molecule has 1 aromatic carbocycles. The molecule has 0 atom stereocenters. The van der Waals surface area contributed by atoms with Crippen molar-refractivity contribution in [3.8, 4) is 17.3 Å². The molecule has 1 heterocycles. The van der Waals surface area contributed by atoms with Crippen LogP contribution in [-0.4, -0.2) is 23.1 Å². The molecule has 2 aromatic rings. The van der Waals surface area contributed by atoms with Gasteiger partial charge in [-0.1, -0.05) is 38.8 Å². The van der Waals surface area contributed by atoms with Crippen LogP contribution in [0.25, 0.3) is 11.3 Å². The Morgan fingerprint density at radius 3 is 2.12 bits per heavy atom. The summed E-state index contributed by atoms with van der Waals surface area (Å²) in [5, 5.41) is 9.33. The number of hydrogen-bond acceptors (Lipinski definition) is 6. The van der Waals surface area contributed by atoms with Gasteiger partial charge in [-0.15, -0.1) is 0 Å². The van der Waals surface area contributed by atoms with Crippen LogP contribution < -0.4 is 16.4 Å². The van der Waals surface area contributed by atoms with Crippen LogP contribution in [0.2, 0.25) is 0 Å². The van der Waals surface area contributed by atoms with E-state index in [0.717, 1.165) is 18.7 Å². The highest BCUT2D eigenvalue weighted by molar-refractivity contribution is 5.74. The van der Waals surface area contributed by atoms with Gasteiger partial charge in [-0.05, 0) is 25.0 Å². The molecule has 132 valence electrons. The zero-order chi connectivity index (χ0) is 18.2. The molecule has 0 amide bonds. The molecular formula is C19H26N6. The lowest BCUT2D eigenvalue weighted by Gasteiger charge is -2.25. The number of unbranched alkanes of at least 4 members (excludes halogenated alkanes) is 2. The Balaban J connectivity index is 2.31. The van der Waals surface area contributed by atoms with E-state index in [1.807, 2.05) is 12.1 Å². The smallest absolute Gasteiger partial charge is 0.222 e. The minimum atomic E-state index is 0.0723. The van der Waals surface area contributed by atoms with E-state index in [0.29, 0.717) is 5.69 Å². The van der Waals surface area contributed by atoms with E-state index < -0.39 is 0 Å². The van der Waals surface area contributed by atoms with Crippen molar-refractivity contribution in [1.82, 2.24) is 9.97 Å². The predicted molar refractivity (Wildman–Crippen MR) is 103 cm³/mol. The van der Waals surface area contributed by atoms with Gasteiger partial charge >= 0.3 is 0 Å². The van der Waals surface area contributed by atoms with Crippen molar-refractivity contribution in [3.05, 3.63) is 29.8 Å². The monoisotopic (exact) mass is 338 g/mol. The molecule has 6 nitrogen and oxygen atoms in total. The molecule has 0 saturated carbocycles. The summed E-state index contributed by atoms with van der Waals surface area (Å²) < 4.78 is 0. The summed E-state index contributed by atoms with van der Waals surface area (Å²) in [5.41, 5.74) is 14.2. The maximum Gasteiger partial charge on any atom is 0.222 e. The third kappa shape index (κ3) is 4.60. The minimum absolute atomic E-state index is 0.0723. The standard InChI is InChI=1S/C19H26N6/c1-3-5-11-25(12-6-4-2)15-9-7-14(8-10-15)17-16(13-20)18(21)24-19(22)23-17/h7-10H,3-6,11-12H2,1-2H3,(H4,21,22,23,24). The molecule has 0 radical (unpaired) electrons. The average Bonchev–Trinajstić information content (AvgIpc) is 2.61. The highest BCUT2D eigenvalue weighted by Gasteiger charge is 2.14. The topological polar surface area (TPSA) is 105 Å². The fraction of sp³-hybridized carbons (Fsp3) is 0.421. The van der Waals surface area contributed by atoms with Crippen molar-refractivity contribution >= 4 is 17.5 Å². The Hall–Kier alpha value is -2.81. The maximum absolute atomic E-state index is 9.33. The molecule has 0 bridgehead atoms. The number of nitrogens with zero attached hydrogens (tertiary/aromatic N) is 4. The van der Waals surface area contributed by atoms with Crippen LogP contribution in [0.1, 0.15) is 45.1 Å². The van der Waals surface area contributed by atoms with Crippen molar-refractivity contribution in [2.45, 2.75) is 39.5 Å². The van der Waals surface area contributed by atoms with Crippen molar-refractivity contribution in [1.29, 1.82) is 5.26 Å². The number of benzene rings is 1. The molecule has 25 heavy (non-hydrogen) atoms. The largest absolute Gasteiger partial charge is 0.382 e. The van der Waals surface area contributed by atoms with E-state index in [-0.39, 0.29) is 17.3 Å². The van der Waals surface area contributed by atoms with Gasteiger partial charge in [0.25, 0.3) is 0 Å². The van der Waals surface area contributed by atoms with Gasteiger partial charge in [-0.2, -0.15) is 10.2 Å². The summed E-state index contributed by atoms with van der Waals surface area (Å²) in [5.74, 6) is 0.185. The second-order valence-corrected chi connectivity index (χ2v) is 6.04. The van der Waals surface area contributed by atoms with Crippen LogP contribution in [0, 0.1) is 11.3 Å². The molecular weight excluding hydrogens is 312 g/mol. The Bertz CT molecular complexity index is 725. The highest BCUT2D eigenvalue weighted by atomic mass is 15.1. The summed E-state index contributed by atoms with van der Waals surface area (Å²) in [4.78, 5) is 10.5. The molecule has 0 spiro atoms. The molecule has 0 aliphatic carbocycles. The van der Waals surface area contributed by atoms with Gasteiger partial charge < -0.3 is 16.4 Å². The first kappa shape index (κ1) is 18.5. The maximum atomic E-state index is 9.33. The fourth-order valence-corrected chi connectivity index (χ4v) is 2.71. The van der Waals surface area contributed by atoms with Gasteiger partial charge in [-0.25, -0.2) is 4.98 Å². The Morgan fingerprint density at radius 1 is 1.00 bits per heavy atom. The summed E-state index contributed by atoms with van der Waals surface area (Å²) in [7, 11) is 0. The summed E-state index contributed by atoms with van der Waals surface area (Å²) in [6.07, 6.45) is 4.68. The van der Waals surface area contributed by atoms with E-state index >= 15 is 0 Å². The second-order valence-electron chi connectivity index (χ2n) is 6.04.